The van der Waals surface area contributed by atoms with Gasteiger partial charge in [-0.15, -0.1) is 29.5 Å². The molecule has 0 atom stereocenters. The Bertz CT molecular complexity index is 2100. The number of hydrogen-bond acceptors (Lipinski definition) is 6. The minimum atomic E-state index is -0.0964. The largest absolute Gasteiger partial charge is 0.512 e. The van der Waals surface area contributed by atoms with Gasteiger partial charge in [0, 0.05) is 69.7 Å². The third-order valence-electron chi connectivity index (χ3n) is 9.75. The molecule has 5 nitrogen and oxygen atoms in total. The first-order valence-corrected chi connectivity index (χ1v) is 19.8. The predicted octanol–water partition coefficient (Wildman–Crippen LogP) is 12.9. The quantitative estimate of drug-likeness (QED) is 0.0906. The third kappa shape index (κ3) is 10.8. The zero-order chi connectivity index (χ0) is 39.7. The molecule has 2 aromatic carbocycles. The monoisotopic (exact) mass is 914 g/mol. The van der Waals surface area contributed by atoms with Crippen molar-refractivity contribution in [1.82, 2.24) is 15.0 Å². The minimum absolute atomic E-state index is 0. The van der Waals surface area contributed by atoms with Crippen LogP contribution in [0.5, 0.6) is 0 Å². The number of hydrogen-bond donors (Lipinski definition) is 1. The van der Waals surface area contributed by atoms with Crippen molar-refractivity contribution in [3.8, 4) is 11.3 Å². The molecule has 5 rings (SSSR count). The number of aromatic nitrogens is 3. The molecule has 289 valence electrons. The van der Waals surface area contributed by atoms with Crippen molar-refractivity contribution in [2.75, 3.05) is 0 Å². The molecule has 0 unspecified atom stereocenters. The van der Waals surface area contributed by atoms with Gasteiger partial charge in [-0.2, -0.15) is 0 Å². The first-order chi connectivity index (χ1) is 24.5. The van der Waals surface area contributed by atoms with Crippen LogP contribution in [0, 0.1) is 53.9 Å². The number of carbonyl (C=O) groups is 1. The third-order valence-corrected chi connectivity index (χ3v) is 10.9. The summed E-state index contributed by atoms with van der Waals surface area (Å²) in [6.07, 6.45) is 2.53. The van der Waals surface area contributed by atoms with Gasteiger partial charge in [0.15, 0.2) is 5.78 Å². The molecule has 3 heterocycles. The van der Waals surface area contributed by atoms with E-state index in [2.05, 4.69) is 143 Å². The normalized spacial score (nSPS) is 13.2. The molecule has 0 amide bonds. The second kappa shape index (κ2) is 17.6. The molecule has 1 radical (unpaired) electrons. The molecule has 0 aliphatic carbocycles. The standard InChI is InChI=1S/C29H30N3S.C17H32O2.Ir/c1-17-8-10-19-13-20(14-22(24(19)32-17)29(5,6)7)25-27-26(31-16-30-25)21-11-9-18(12-23(21)33-27)15-28(2,3)4;1-10(2)16(11(3)4)14(18)9-15(19)17(12(5)6)13(7)8;/h8-12,14,16H,15H2,1-7H3;9-13,16-18H,1-8H3;/q-1;;/b;14-9-;/i16D;;. The molecule has 3 aromatic heterocycles. The smallest absolute Gasteiger partial charge is 0.162 e. The van der Waals surface area contributed by atoms with Gasteiger partial charge < -0.3 is 5.11 Å². The molecule has 53 heavy (non-hydrogen) atoms. The average molecular weight is 914 g/mol. The summed E-state index contributed by atoms with van der Waals surface area (Å²) in [5, 5.41) is 12.3. The van der Waals surface area contributed by atoms with Crippen molar-refractivity contribution in [2.45, 2.75) is 116 Å². The first kappa shape index (κ1) is 42.7. The molecule has 1 N–H and O–H groups in total. The number of aliphatic hydroxyl groups excluding tert-OH is 1. The molecular formula is C46H62IrN3O2S-. The fraction of sp³-hybridized carbons (Fsp3) is 0.522. The number of fused-ring (bicyclic) bond motifs is 4. The van der Waals surface area contributed by atoms with Crippen molar-refractivity contribution >= 4 is 48.3 Å². The van der Waals surface area contributed by atoms with E-state index < -0.39 is 0 Å². The fourth-order valence-electron chi connectivity index (χ4n) is 7.65. The van der Waals surface area contributed by atoms with Gasteiger partial charge in [0.25, 0.3) is 0 Å². The Balaban J connectivity index is 0.000000338. The van der Waals surface area contributed by atoms with E-state index in [0.29, 0.717) is 23.7 Å². The van der Waals surface area contributed by atoms with E-state index in [4.69, 9.17) is 6.35 Å². The Morgan fingerprint density at radius 2 is 1.47 bits per heavy atom. The van der Waals surface area contributed by atoms with Gasteiger partial charge in [-0.05, 0) is 59.5 Å². The van der Waals surface area contributed by atoms with E-state index in [9.17, 15) is 9.90 Å². The van der Waals surface area contributed by atoms with E-state index in [0.717, 1.165) is 55.4 Å². The van der Waals surface area contributed by atoms with Crippen molar-refractivity contribution in [3.63, 3.8) is 0 Å². The summed E-state index contributed by atoms with van der Waals surface area (Å²) in [4.78, 5) is 26.3. The van der Waals surface area contributed by atoms with E-state index in [1.165, 1.54) is 16.3 Å². The summed E-state index contributed by atoms with van der Waals surface area (Å²) in [5.41, 5.74) is 7.11. The number of ketones is 1. The van der Waals surface area contributed by atoms with Crippen LogP contribution in [0.25, 0.3) is 42.5 Å². The summed E-state index contributed by atoms with van der Waals surface area (Å²) in [5.74, 6) is 1.63. The van der Waals surface area contributed by atoms with Crippen molar-refractivity contribution < 1.29 is 31.4 Å². The minimum Gasteiger partial charge on any atom is -0.512 e. The van der Waals surface area contributed by atoms with Gasteiger partial charge in [0.1, 0.15) is 7.67 Å². The van der Waals surface area contributed by atoms with Crippen LogP contribution < -0.4 is 0 Å². The number of carbonyl (C=O) groups excluding carboxylic acids is 1. The molecular weight excluding hydrogens is 851 g/mol. The Labute approximate surface area is 338 Å². The van der Waals surface area contributed by atoms with Crippen LogP contribution in [0.1, 0.15) is 115 Å². The zero-order valence-electron chi connectivity index (χ0n) is 35.7. The summed E-state index contributed by atoms with van der Waals surface area (Å²) in [7, 11) is 0. The fourth-order valence-corrected chi connectivity index (χ4v) is 8.86. The van der Waals surface area contributed by atoms with Gasteiger partial charge in [-0.25, -0.2) is 4.98 Å². The second-order valence-electron chi connectivity index (χ2n) is 18.2. The van der Waals surface area contributed by atoms with Gasteiger partial charge in [-0.3, -0.25) is 14.8 Å². The molecule has 0 spiro atoms. The Morgan fingerprint density at radius 1 is 0.868 bits per heavy atom. The van der Waals surface area contributed by atoms with Crippen molar-refractivity contribution in [3.05, 3.63) is 77.4 Å². The molecule has 0 aliphatic rings. The Hall–Kier alpha value is -2.99. The van der Waals surface area contributed by atoms with E-state index in [1.807, 2.05) is 13.0 Å². The van der Waals surface area contributed by atoms with E-state index in [1.54, 1.807) is 11.3 Å². The molecule has 0 bridgehead atoms. The van der Waals surface area contributed by atoms with Crippen LogP contribution in [0.15, 0.2) is 54.5 Å². The number of aryl methyl sites for hydroxylation is 1. The van der Waals surface area contributed by atoms with Crippen LogP contribution in [0.2, 0.25) is 0 Å². The summed E-state index contributed by atoms with van der Waals surface area (Å²) < 4.78 is 10.6. The van der Waals surface area contributed by atoms with Crippen molar-refractivity contribution in [2.24, 2.45) is 40.9 Å². The van der Waals surface area contributed by atoms with Gasteiger partial charge in [-0.1, -0.05) is 132 Å². The number of thiophene rings is 1. The number of aliphatic hydroxyl groups is 1. The van der Waals surface area contributed by atoms with Crippen LogP contribution in [0.3, 0.4) is 0 Å². The number of benzene rings is 2. The topological polar surface area (TPSA) is 76.0 Å². The number of nitrogens with zero attached hydrogens (tertiary/aromatic N) is 3. The SMILES string of the molecule is CC(C)C(C(=O)/C=C(\O)C(C(C)C)C(C)C)C(C)C.[2H]c1nc(-c2[c-]c3ccc(C)nc3c(C(C)(C)C)c2)c2sc3cc(CC(C)(C)C)ccc3c2n1.[Ir]. The first-order valence-electron chi connectivity index (χ1n) is 19.5. The van der Waals surface area contributed by atoms with Crippen LogP contribution >= 0.6 is 11.3 Å². The van der Waals surface area contributed by atoms with E-state index in [-0.39, 0.29) is 60.6 Å². The van der Waals surface area contributed by atoms with Crippen molar-refractivity contribution in [1.29, 1.82) is 0 Å². The molecule has 0 fully saturated rings. The molecule has 0 saturated heterocycles. The molecule has 0 aliphatic heterocycles. The maximum atomic E-state index is 12.3. The number of pyridine rings is 1. The summed E-state index contributed by atoms with van der Waals surface area (Å²) >= 11 is 1.71. The average Bonchev–Trinajstić information content (AvgIpc) is 3.35. The summed E-state index contributed by atoms with van der Waals surface area (Å²) in [6.45, 7) is 32.0. The van der Waals surface area contributed by atoms with Crippen LogP contribution in [-0.2, 0) is 36.7 Å². The maximum absolute atomic E-state index is 12.3. The maximum Gasteiger partial charge on any atom is 0.162 e. The zero-order valence-corrected chi connectivity index (χ0v) is 37.9. The molecule has 7 heteroatoms. The van der Waals surface area contributed by atoms with Crippen LogP contribution in [-0.4, -0.2) is 25.8 Å². The number of rotatable bonds is 9. The Kier molecular flexibility index (Phi) is 14.2. The molecule has 5 aromatic rings. The van der Waals surface area contributed by atoms with E-state index >= 15 is 0 Å². The van der Waals surface area contributed by atoms with Gasteiger partial charge >= 0.3 is 0 Å². The van der Waals surface area contributed by atoms with Gasteiger partial charge in [0.2, 0.25) is 0 Å². The Morgan fingerprint density at radius 3 is 2.02 bits per heavy atom. The summed E-state index contributed by atoms with van der Waals surface area (Å²) in [6, 6.07) is 16.5. The number of allylic oxidation sites excluding steroid dienone is 2. The predicted molar refractivity (Wildman–Crippen MR) is 223 cm³/mol. The van der Waals surface area contributed by atoms with Crippen LogP contribution in [0.4, 0.5) is 0 Å². The van der Waals surface area contributed by atoms with Gasteiger partial charge in [0.05, 0.1) is 11.3 Å². The molecule has 0 saturated carbocycles. The second-order valence-corrected chi connectivity index (χ2v) is 19.3.